The fraction of sp³-hybridized carbons (Fsp3) is 0.318. The fourth-order valence-electron chi connectivity index (χ4n) is 6.26. The van der Waals surface area contributed by atoms with Crippen LogP contribution in [-0.4, -0.2) is 61.9 Å². The quantitative estimate of drug-likeness (QED) is 0.0952. The van der Waals surface area contributed by atoms with Gasteiger partial charge in [-0.15, -0.1) is 0 Å². The number of likely N-dealkylation sites (tertiary alicyclic amines) is 1. The average Bonchev–Trinajstić information content (AvgIpc) is 3.20. The van der Waals surface area contributed by atoms with Crippen molar-refractivity contribution in [2.75, 3.05) is 19.7 Å². The van der Waals surface area contributed by atoms with E-state index >= 15 is 0 Å². The minimum atomic E-state index is -4.00. The van der Waals surface area contributed by atoms with Crippen LogP contribution >= 0.6 is 0 Å². The summed E-state index contributed by atoms with van der Waals surface area (Å²) in [6.45, 7) is 6.59. The van der Waals surface area contributed by atoms with E-state index in [4.69, 9.17) is 23.5 Å². The molecule has 0 spiro atoms. The molecule has 6 rings (SSSR count). The monoisotopic (exact) mass is 737 g/mol. The van der Waals surface area contributed by atoms with Crippen molar-refractivity contribution in [1.82, 2.24) is 4.90 Å². The summed E-state index contributed by atoms with van der Waals surface area (Å²) in [6, 6.07) is 48.9. The van der Waals surface area contributed by atoms with Crippen molar-refractivity contribution >= 4 is 10.1 Å². The highest BCUT2D eigenvalue weighted by molar-refractivity contribution is 7.85. The van der Waals surface area contributed by atoms with E-state index < -0.39 is 10.1 Å². The van der Waals surface area contributed by atoms with Crippen molar-refractivity contribution in [2.45, 2.75) is 75.4 Å². The Morgan fingerprint density at radius 1 is 0.585 bits per heavy atom. The molecule has 8 nitrogen and oxygen atoms in total. The Hall–Kier alpha value is -4.19. The standard InChI is InChI=1S/C38H45NO4.C6H6O3S/c1-2-3-24-39-25-36(41-27-32-18-10-5-11-19-32)38(43-29-34-22-14-7-15-23-34)37(42-28-33-20-12-6-13-21-33)35(39)30-40-26-31-16-8-4-9-17-31;7-10(8,9)6-4-2-1-3-5-6/h4-23,35-38H,2-3,24-30H2,1H3;1-5H,(H,7,8,9)/t35-,36+,37+,38-;/m1./s1. The third-order valence-electron chi connectivity index (χ3n) is 9.07. The molecule has 5 aromatic rings. The highest BCUT2D eigenvalue weighted by Gasteiger charge is 2.46. The Bertz CT molecular complexity index is 1820. The van der Waals surface area contributed by atoms with Crippen LogP contribution in [0.5, 0.6) is 0 Å². The van der Waals surface area contributed by atoms with E-state index in [1.807, 2.05) is 24.3 Å². The number of nitrogens with zero attached hydrogens (tertiary/aromatic N) is 1. The largest absolute Gasteiger partial charge is 0.375 e. The maximum atomic E-state index is 10.4. The molecule has 4 atom stereocenters. The van der Waals surface area contributed by atoms with Gasteiger partial charge >= 0.3 is 0 Å². The van der Waals surface area contributed by atoms with Crippen LogP contribution in [0.15, 0.2) is 157 Å². The van der Waals surface area contributed by atoms with Crippen molar-refractivity contribution in [3.05, 3.63) is 174 Å². The lowest BCUT2D eigenvalue weighted by atomic mass is 9.92. The number of piperidine rings is 1. The third-order valence-corrected chi connectivity index (χ3v) is 9.94. The molecular weight excluding hydrogens is 687 g/mol. The lowest BCUT2D eigenvalue weighted by molar-refractivity contribution is -0.210. The molecule has 1 aliphatic rings. The highest BCUT2D eigenvalue weighted by atomic mass is 32.2. The summed E-state index contributed by atoms with van der Waals surface area (Å²) in [7, 11) is -4.00. The molecular formula is C44H51NO7S. The summed E-state index contributed by atoms with van der Waals surface area (Å²) >= 11 is 0. The van der Waals surface area contributed by atoms with Crippen LogP contribution < -0.4 is 0 Å². The summed E-state index contributed by atoms with van der Waals surface area (Å²) in [5, 5.41) is 0. The van der Waals surface area contributed by atoms with Gasteiger partial charge < -0.3 is 18.9 Å². The van der Waals surface area contributed by atoms with Crippen LogP contribution in [0.3, 0.4) is 0 Å². The second-order valence-corrected chi connectivity index (χ2v) is 14.5. The number of benzene rings is 5. The number of hydrogen-bond donors (Lipinski definition) is 1. The molecule has 0 aliphatic carbocycles. The fourth-order valence-corrected chi connectivity index (χ4v) is 6.76. The molecule has 0 aromatic heterocycles. The predicted molar refractivity (Wildman–Crippen MR) is 208 cm³/mol. The van der Waals surface area contributed by atoms with Crippen LogP contribution in [0.25, 0.3) is 0 Å². The van der Waals surface area contributed by atoms with Crippen LogP contribution in [0.1, 0.15) is 42.0 Å². The van der Waals surface area contributed by atoms with Gasteiger partial charge in [-0.2, -0.15) is 8.42 Å². The van der Waals surface area contributed by atoms with Crippen LogP contribution in [0.4, 0.5) is 0 Å². The van der Waals surface area contributed by atoms with Gasteiger partial charge in [0.15, 0.2) is 0 Å². The topological polar surface area (TPSA) is 94.5 Å². The molecule has 1 heterocycles. The predicted octanol–water partition coefficient (Wildman–Crippen LogP) is 8.38. The molecule has 0 radical (unpaired) electrons. The first kappa shape index (κ1) is 40.0. The summed E-state index contributed by atoms with van der Waals surface area (Å²) < 4.78 is 56.0. The van der Waals surface area contributed by atoms with E-state index in [0.717, 1.165) is 42.6 Å². The Kier molecular flexibility index (Phi) is 16.2. The molecule has 0 unspecified atom stereocenters. The molecule has 1 aliphatic heterocycles. The number of unbranched alkanes of at least 4 members (excludes halogenated alkanes) is 1. The van der Waals surface area contributed by atoms with Gasteiger partial charge in [-0.1, -0.05) is 153 Å². The zero-order valence-corrected chi connectivity index (χ0v) is 31.2. The van der Waals surface area contributed by atoms with E-state index in [2.05, 4.69) is 109 Å². The van der Waals surface area contributed by atoms with Gasteiger partial charge in [0.25, 0.3) is 10.1 Å². The molecule has 0 bridgehead atoms. The van der Waals surface area contributed by atoms with E-state index in [-0.39, 0.29) is 29.2 Å². The van der Waals surface area contributed by atoms with Crippen molar-refractivity contribution < 1.29 is 31.9 Å². The maximum Gasteiger partial charge on any atom is 0.294 e. The Labute approximate surface area is 315 Å². The number of ether oxygens (including phenoxy) is 4. The molecule has 1 fully saturated rings. The second-order valence-electron chi connectivity index (χ2n) is 13.1. The van der Waals surface area contributed by atoms with Gasteiger partial charge in [-0.25, -0.2) is 0 Å². The van der Waals surface area contributed by atoms with Crippen molar-refractivity contribution in [1.29, 1.82) is 0 Å². The number of hydrogen-bond acceptors (Lipinski definition) is 7. The van der Waals surface area contributed by atoms with Gasteiger partial charge in [-0.05, 0) is 47.4 Å². The molecule has 0 saturated carbocycles. The van der Waals surface area contributed by atoms with Crippen LogP contribution in [0, 0.1) is 0 Å². The van der Waals surface area contributed by atoms with Gasteiger partial charge in [0.1, 0.15) is 12.2 Å². The lowest BCUT2D eigenvalue weighted by Crippen LogP contribution is -2.64. The minimum absolute atomic E-state index is 0.0244. The SMILES string of the molecule is CCCCN1C[C@H](OCc2ccccc2)[C@@H](OCc2ccccc2)[C@@H](OCc2ccccc2)[C@H]1COCc1ccccc1.O=S(=O)(O)c1ccccc1. The maximum absolute atomic E-state index is 10.4. The average molecular weight is 738 g/mol. The molecule has 53 heavy (non-hydrogen) atoms. The van der Waals surface area contributed by atoms with E-state index in [1.54, 1.807) is 18.2 Å². The summed E-state index contributed by atoms with van der Waals surface area (Å²) in [6.07, 6.45) is 1.54. The van der Waals surface area contributed by atoms with Gasteiger partial charge in [0.2, 0.25) is 0 Å². The number of rotatable bonds is 17. The first-order valence-electron chi connectivity index (χ1n) is 18.3. The van der Waals surface area contributed by atoms with Crippen LogP contribution in [-0.2, 0) is 55.5 Å². The first-order valence-corrected chi connectivity index (χ1v) is 19.7. The van der Waals surface area contributed by atoms with Crippen molar-refractivity contribution in [3.63, 3.8) is 0 Å². The van der Waals surface area contributed by atoms with Crippen molar-refractivity contribution in [2.24, 2.45) is 0 Å². The summed E-state index contributed by atoms with van der Waals surface area (Å²) in [4.78, 5) is 2.44. The molecule has 5 aromatic carbocycles. The van der Waals surface area contributed by atoms with Gasteiger partial charge in [0, 0.05) is 6.54 Å². The normalized spacial score (nSPS) is 18.9. The Balaban J connectivity index is 0.000000469. The minimum Gasteiger partial charge on any atom is -0.375 e. The van der Waals surface area contributed by atoms with E-state index in [1.165, 1.54) is 17.7 Å². The summed E-state index contributed by atoms with van der Waals surface area (Å²) in [5.74, 6) is 0. The van der Waals surface area contributed by atoms with Crippen molar-refractivity contribution in [3.8, 4) is 0 Å². The second kappa shape index (κ2) is 21.5. The smallest absolute Gasteiger partial charge is 0.294 e. The molecule has 1 N–H and O–H groups in total. The van der Waals surface area contributed by atoms with Gasteiger partial charge in [-0.3, -0.25) is 9.45 Å². The Morgan fingerprint density at radius 2 is 1.00 bits per heavy atom. The van der Waals surface area contributed by atoms with E-state index in [9.17, 15) is 8.42 Å². The Morgan fingerprint density at radius 3 is 1.43 bits per heavy atom. The van der Waals surface area contributed by atoms with E-state index in [0.29, 0.717) is 33.0 Å². The molecule has 0 amide bonds. The third kappa shape index (κ3) is 13.3. The zero-order valence-electron chi connectivity index (χ0n) is 30.4. The molecule has 280 valence electrons. The van der Waals surface area contributed by atoms with Crippen LogP contribution in [0.2, 0.25) is 0 Å². The first-order chi connectivity index (χ1) is 25.9. The zero-order chi connectivity index (χ0) is 37.1. The lowest BCUT2D eigenvalue weighted by Gasteiger charge is -2.48. The highest BCUT2D eigenvalue weighted by Crippen LogP contribution is 2.29. The molecule has 9 heteroatoms. The van der Waals surface area contributed by atoms with Gasteiger partial charge in [0.05, 0.1) is 50.1 Å². The molecule has 1 saturated heterocycles. The summed E-state index contributed by atoms with van der Waals surface area (Å²) in [5.41, 5.74) is 4.60.